The summed E-state index contributed by atoms with van der Waals surface area (Å²) < 4.78 is 5.15. The van der Waals surface area contributed by atoms with E-state index in [1.54, 1.807) is 23.3 Å². The normalized spacial score (nSPS) is 15.8. The Morgan fingerprint density at radius 3 is 2.69 bits per heavy atom. The number of benzene rings is 1. The molecule has 29 heavy (non-hydrogen) atoms. The second-order valence-corrected chi connectivity index (χ2v) is 8.51. The lowest BCUT2D eigenvalue weighted by atomic mass is 9.92. The van der Waals surface area contributed by atoms with Gasteiger partial charge in [-0.15, -0.1) is 11.3 Å². The van der Waals surface area contributed by atoms with Gasteiger partial charge in [-0.25, -0.2) is 0 Å². The number of ether oxygens (including phenoxy) is 1. The van der Waals surface area contributed by atoms with Gasteiger partial charge in [-0.1, -0.05) is 36.8 Å². The molecule has 1 atom stereocenters. The fourth-order valence-corrected chi connectivity index (χ4v) is 4.72. The smallest absolute Gasteiger partial charge is 0.242 e. The molecule has 0 N–H and O–H groups in total. The molecule has 0 saturated heterocycles. The molecule has 2 aromatic rings. The van der Waals surface area contributed by atoms with E-state index >= 15 is 0 Å². The van der Waals surface area contributed by atoms with Crippen molar-refractivity contribution in [3.05, 3.63) is 57.3 Å². The van der Waals surface area contributed by atoms with E-state index in [1.807, 2.05) is 11.8 Å². The van der Waals surface area contributed by atoms with Crippen molar-refractivity contribution in [3.8, 4) is 0 Å². The topological polar surface area (TPSA) is 49.9 Å². The summed E-state index contributed by atoms with van der Waals surface area (Å²) in [6.45, 7) is 5.68. The van der Waals surface area contributed by atoms with Crippen molar-refractivity contribution in [2.75, 3.05) is 33.4 Å². The van der Waals surface area contributed by atoms with Crippen LogP contribution in [-0.4, -0.2) is 55.0 Å². The first-order valence-electron chi connectivity index (χ1n) is 10.2. The van der Waals surface area contributed by atoms with Gasteiger partial charge < -0.3 is 14.5 Å². The Bertz CT molecular complexity index is 831. The van der Waals surface area contributed by atoms with Gasteiger partial charge in [0, 0.05) is 31.5 Å². The molecule has 0 radical (unpaired) electrons. The highest BCUT2D eigenvalue weighted by molar-refractivity contribution is 7.10. The minimum atomic E-state index is -0.0938. The molecule has 6 heteroatoms. The molecule has 1 unspecified atom stereocenters. The number of methoxy groups -OCH3 is 1. The highest BCUT2D eigenvalue weighted by Gasteiger charge is 2.33. The van der Waals surface area contributed by atoms with Crippen molar-refractivity contribution in [1.29, 1.82) is 0 Å². The maximum absolute atomic E-state index is 13.4. The summed E-state index contributed by atoms with van der Waals surface area (Å²) in [6, 6.07) is 10.4. The highest BCUT2D eigenvalue weighted by Crippen LogP contribution is 2.37. The van der Waals surface area contributed by atoms with Gasteiger partial charge in [0.2, 0.25) is 11.8 Å². The number of rotatable bonds is 8. The maximum atomic E-state index is 13.4. The Kier molecular flexibility index (Phi) is 7.45. The van der Waals surface area contributed by atoms with E-state index in [1.165, 1.54) is 16.0 Å². The summed E-state index contributed by atoms with van der Waals surface area (Å²) in [5, 5.41) is 2.11. The van der Waals surface area contributed by atoms with E-state index in [-0.39, 0.29) is 24.4 Å². The molecule has 5 nitrogen and oxygen atoms in total. The number of thiophene rings is 1. The average molecular weight is 415 g/mol. The van der Waals surface area contributed by atoms with Crippen molar-refractivity contribution >= 4 is 23.2 Å². The lowest BCUT2D eigenvalue weighted by Crippen LogP contribution is -2.47. The second kappa shape index (κ2) is 10.0. The lowest BCUT2D eigenvalue weighted by Gasteiger charge is -2.37. The van der Waals surface area contributed by atoms with Crippen LogP contribution >= 0.6 is 11.3 Å². The van der Waals surface area contributed by atoms with E-state index in [4.69, 9.17) is 4.74 Å². The monoisotopic (exact) mass is 414 g/mol. The number of nitrogens with zero attached hydrogens (tertiary/aromatic N) is 2. The molecule has 0 bridgehead atoms. The van der Waals surface area contributed by atoms with E-state index < -0.39 is 0 Å². The first-order chi connectivity index (χ1) is 14.0. The Balaban J connectivity index is 1.85. The van der Waals surface area contributed by atoms with Gasteiger partial charge in [0.15, 0.2) is 0 Å². The Morgan fingerprint density at radius 2 is 2.00 bits per heavy atom. The predicted octanol–water partition coefficient (Wildman–Crippen LogP) is 3.81. The first-order valence-corrected chi connectivity index (χ1v) is 11.1. The van der Waals surface area contributed by atoms with Crippen molar-refractivity contribution < 1.29 is 14.3 Å². The molecule has 2 heterocycles. The molecule has 2 amide bonds. The Morgan fingerprint density at radius 1 is 1.24 bits per heavy atom. The number of hydrogen-bond donors (Lipinski definition) is 0. The highest BCUT2D eigenvalue weighted by atomic mass is 32.1. The van der Waals surface area contributed by atoms with Crippen LogP contribution in [0.25, 0.3) is 0 Å². The van der Waals surface area contributed by atoms with E-state index in [0.29, 0.717) is 26.1 Å². The average Bonchev–Trinajstić information content (AvgIpc) is 3.20. The van der Waals surface area contributed by atoms with Crippen molar-refractivity contribution in [1.82, 2.24) is 9.80 Å². The van der Waals surface area contributed by atoms with Crippen LogP contribution in [0, 0.1) is 6.92 Å². The predicted molar refractivity (Wildman–Crippen MR) is 116 cm³/mol. The van der Waals surface area contributed by atoms with Crippen molar-refractivity contribution in [3.63, 3.8) is 0 Å². The summed E-state index contributed by atoms with van der Waals surface area (Å²) in [5.41, 5.74) is 3.53. The zero-order valence-corrected chi connectivity index (χ0v) is 18.3. The number of amides is 2. The third kappa shape index (κ3) is 5.06. The fourth-order valence-electron chi connectivity index (χ4n) is 3.81. The van der Waals surface area contributed by atoms with Gasteiger partial charge in [0.05, 0.1) is 19.2 Å². The second-order valence-electron chi connectivity index (χ2n) is 7.51. The van der Waals surface area contributed by atoms with Crippen LogP contribution in [0.5, 0.6) is 0 Å². The number of carbonyl (C=O) groups is 2. The molecular formula is C23H30N2O3S. The number of aryl methyl sites for hydroxylation is 1. The first kappa shape index (κ1) is 21.5. The maximum Gasteiger partial charge on any atom is 0.242 e. The number of fused-ring (bicyclic) bond motifs is 1. The molecule has 0 saturated carbocycles. The summed E-state index contributed by atoms with van der Waals surface area (Å²) in [6.07, 6.45) is 2.08. The molecule has 1 aliphatic rings. The van der Waals surface area contributed by atoms with Crippen LogP contribution in [0.4, 0.5) is 0 Å². The van der Waals surface area contributed by atoms with Gasteiger partial charge in [0.25, 0.3) is 0 Å². The summed E-state index contributed by atoms with van der Waals surface area (Å²) in [7, 11) is 1.61. The molecule has 1 aliphatic heterocycles. The molecule has 156 valence electrons. The van der Waals surface area contributed by atoms with Gasteiger partial charge in [0.1, 0.15) is 0 Å². The van der Waals surface area contributed by atoms with Crippen LogP contribution < -0.4 is 0 Å². The zero-order chi connectivity index (χ0) is 20.8. The molecule has 3 rings (SSSR count). The standard InChI is InChI=1S/C23H30N2O3S/c1-4-5-21(26)24(13-14-28-3)16-22(27)25-12-10-20-19(11-15-29-20)23(25)18-8-6-17(2)7-9-18/h6-9,11,15,23H,4-5,10,12-14,16H2,1-3H3. The Hall–Kier alpha value is -2.18. The van der Waals surface area contributed by atoms with Crippen LogP contribution in [0.1, 0.15) is 47.4 Å². The molecule has 0 aliphatic carbocycles. The fraction of sp³-hybridized carbons (Fsp3) is 0.478. The minimum absolute atomic E-state index is 0.00650. The van der Waals surface area contributed by atoms with Gasteiger partial charge in [-0.05, 0) is 42.3 Å². The SMILES string of the molecule is CCCC(=O)N(CCOC)CC(=O)N1CCc2sccc2C1c1ccc(C)cc1. The van der Waals surface area contributed by atoms with Gasteiger partial charge >= 0.3 is 0 Å². The Labute approximate surface area is 177 Å². The van der Waals surface area contributed by atoms with Crippen LogP contribution in [-0.2, 0) is 20.7 Å². The van der Waals surface area contributed by atoms with Crippen LogP contribution in [0.2, 0.25) is 0 Å². The molecule has 0 fully saturated rings. The van der Waals surface area contributed by atoms with E-state index in [2.05, 4.69) is 42.6 Å². The molecule has 1 aromatic carbocycles. The van der Waals surface area contributed by atoms with E-state index in [0.717, 1.165) is 18.4 Å². The van der Waals surface area contributed by atoms with Crippen molar-refractivity contribution in [2.45, 2.75) is 39.2 Å². The van der Waals surface area contributed by atoms with E-state index in [9.17, 15) is 9.59 Å². The quantitative estimate of drug-likeness (QED) is 0.660. The molecule has 1 aromatic heterocycles. The minimum Gasteiger partial charge on any atom is -0.383 e. The largest absolute Gasteiger partial charge is 0.383 e. The van der Waals surface area contributed by atoms with Gasteiger partial charge in [-0.3, -0.25) is 9.59 Å². The number of hydrogen-bond acceptors (Lipinski definition) is 4. The summed E-state index contributed by atoms with van der Waals surface area (Å²) >= 11 is 1.76. The third-order valence-corrected chi connectivity index (χ3v) is 6.38. The van der Waals surface area contributed by atoms with Gasteiger partial charge in [-0.2, -0.15) is 0 Å². The third-order valence-electron chi connectivity index (χ3n) is 5.39. The lowest BCUT2D eigenvalue weighted by molar-refractivity contribution is -0.142. The van der Waals surface area contributed by atoms with Crippen molar-refractivity contribution in [2.24, 2.45) is 0 Å². The molecular weight excluding hydrogens is 384 g/mol. The molecule has 0 spiro atoms. The summed E-state index contributed by atoms with van der Waals surface area (Å²) in [5.74, 6) is 0.00555. The van der Waals surface area contributed by atoms with Crippen LogP contribution in [0.15, 0.2) is 35.7 Å². The zero-order valence-electron chi connectivity index (χ0n) is 17.5. The number of carbonyl (C=O) groups excluding carboxylic acids is 2. The van der Waals surface area contributed by atoms with Crippen LogP contribution in [0.3, 0.4) is 0 Å². The summed E-state index contributed by atoms with van der Waals surface area (Å²) in [4.78, 5) is 30.8.